The van der Waals surface area contributed by atoms with Gasteiger partial charge in [0.25, 0.3) is 5.91 Å². The van der Waals surface area contributed by atoms with Gasteiger partial charge in [-0.05, 0) is 33.8 Å². The topological polar surface area (TPSA) is 129 Å². The largest absolute Gasteiger partial charge is 0.449 e. The third kappa shape index (κ3) is 3.50. The zero-order valence-electron chi connectivity index (χ0n) is 13.9. The fourth-order valence-corrected chi connectivity index (χ4v) is 2.19. The summed E-state index contributed by atoms with van der Waals surface area (Å²) in [4.78, 5) is 39.1. The van der Waals surface area contributed by atoms with Gasteiger partial charge >= 0.3 is 12.0 Å². The van der Waals surface area contributed by atoms with Crippen molar-refractivity contribution in [3.63, 3.8) is 0 Å². The van der Waals surface area contributed by atoms with Crippen LogP contribution in [-0.4, -0.2) is 38.8 Å². The molecule has 0 saturated carbocycles. The molecule has 2 aromatic heterocycles. The highest BCUT2D eigenvalue weighted by Gasteiger charge is 2.23. The quantitative estimate of drug-likeness (QED) is 0.805. The number of hydrogen-bond acceptors (Lipinski definition) is 6. The first-order valence-electron chi connectivity index (χ1n) is 7.36. The number of aryl methyl sites for hydroxylation is 1. The van der Waals surface area contributed by atoms with Gasteiger partial charge in [-0.15, -0.1) is 0 Å². The van der Waals surface area contributed by atoms with E-state index in [1.54, 1.807) is 17.7 Å². The molecule has 3 N–H and O–H groups in total. The molecule has 0 bridgehead atoms. The molecule has 0 spiro atoms. The third-order valence-electron chi connectivity index (χ3n) is 3.30. The van der Waals surface area contributed by atoms with Crippen molar-refractivity contribution in [2.24, 2.45) is 5.73 Å². The Morgan fingerprint density at radius 2 is 1.96 bits per heavy atom. The second-order valence-corrected chi connectivity index (χ2v) is 5.63. The van der Waals surface area contributed by atoms with E-state index in [-0.39, 0.29) is 11.6 Å². The average Bonchev–Trinajstić information content (AvgIpc) is 2.89. The number of hydrogen-bond donors (Lipinski definition) is 2. The van der Waals surface area contributed by atoms with Crippen LogP contribution in [0.4, 0.5) is 4.79 Å². The Labute approximate surface area is 138 Å². The fourth-order valence-electron chi connectivity index (χ4n) is 2.19. The summed E-state index contributed by atoms with van der Waals surface area (Å²) in [6, 6.07) is 0.625. The van der Waals surface area contributed by atoms with Crippen molar-refractivity contribution in [2.75, 3.05) is 0 Å². The number of pyridine rings is 1. The second-order valence-electron chi connectivity index (χ2n) is 5.63. The van der Waals surface area contributed by atoms with Crippen LogP contribution in [0.3, 0.4) is 0 Å². The van der Waals surface area contributed by atoms with E-state index in [0.717, 1.165) is 0 Å². The molecule has 2 heterocycles. The van der Waals surface area contributed by atoms with Gasteiger partial charge in [-0.25, -0.2) is 19.3 Å². The molecule has 3 amide bonds. The monoisotopic (exact) mass is 333 g/mol. The Kier molecular flexibility index (Phi) is 4.82. The molecular weight excluding hydrogens is 314 g/mol. The summed E-state index contributed by atoms with van der Waals surface area (Å²) >= 11 is 0. The first-order chi connectivity index (χ1) is 11.2. The standard InChI is InChI=1S/C15H19N5O4/c1-7(2)20-12-11(6-17-20)10(5-8(3)18-12)14(22)24-9(4)13(21)19-15(16)23/h5-7,9H,1-4H3,(H3,16,19,21,23). The lowest BCUT2D eigenvalue weighted by Gasteiger charge is -2.13. The molecule has 0 aliphatic carbocycles. The molecule has 9 heteroatoms. The van der Waals surface area contributed by atoms with Crippen LogP contribution in [0, 0.1) is 6.92 Å². The first kappa shape index (κ1) is 17.4. The SMILES string of the molecule is Cc1cc(C(=O)OC(C)C(=O)NC(N)=O)c2cnn(C(C)C)c2n1. The Bertz CT molecular complexity index is 812. The van der Waals surface area contributed by atoms with Gasteiger partial charge < -0.3 is 10.5 Å². The maximum Gasteiger partial charge on any atom is 0.339 e. The summed E-state index contributed by atoms with van der Waals surface area (Å²) in [5.41, 5.74) is 6.30. The highest BCUT2D eigenvalue weighted by Crippen LogP contribution is 2.22. The number of nitrogens with two attached hydrogens (primary N) is 1. The van der Waals surface area contributed by atoms with Crippen LogP contribution in [0.1, 0.15) is 42.9 Å². The van der Waals surface area contributed by atoms with Crippen molar-refractivity contribution in [3.05, 3.63) is 23.5 Å². The predicted molar refractivity (Wildman–Crippen MR) is 85.3 cm³/mol. The van der Waals surface area contributed by atoms with Gasteiger partial charge in [-0.1, -0.05) is 0 Å². The summed E-state index contributed by atoms with van der Waals surface area (Å²) < 4.78 is 6.81. The number of esters is 1. The van der Waals surface area contributed by atoms with Crippen molar-refractivity contribution < 1.29 is 19.1 Å². The van der Waals surface area contributed by atoms with E-state index in [2.05, 4.69) is 10.1 Å². The van der Waals surface area contributed by atoms with Crippen LogP contribution < -0.4 is 11.1 Å². The van der Waals surface area contributed by atoms with Gasteiger partial charge in [0.05, 0.1) is 17.1 Å². The summed E-state index contributed by atoms with van der Waals surface area (Å²) in [6.45, 7) is 6.99. The van der Waals surface area contributed by atoms with E-state index >= 15 is 0 Å². The molecule has 0 aliphatic rings. The predicted octanol–water partition coefficient (Wildman–Crippen LogP) is 1.06. The van der Waals surface area contributed by atoms with Gasteiger partial charge in [0.1, 0.15) is 0 Å². The van der Waals surface area contributed by atoms with E-state index in [1.165, 1.54) is 13.1 Å². The van der Waals surface area contributed by atoms with Crippen LogP contribution in [-0.2, 0) is 9.53 Å². The highest BCUT2D eigenvalue weighted by molar-refractivity contribution is 6.04. The summed E-state index contributed by atoms with van der Waals surface area (Å²) in [5, 5.41) is 6.63. The van der Waals surface area contributed by atoms with Crippen molar-refractivity contribution in [1.82, 2.24) is 20.1 Å². The van der Waals surface area contributed by atoms with E-state index in [4.69, 9.17) is 10.5 Å². The van der Waals surface area contributed by atoms with Crippen molar-refractivity contribution in [1.29, 1.82) is 0 Å². The van der Waals surface area contributed by atoms with E-state index in [0.29, 0.717) is 16.7 Å². The molecule has 9 nitrogen and oxygen atoms in total. The lowest BCUT2D eigenvalue weighted by atomic mass is 10.1. The van der Waals surface area contributed by atoms with Crippen LogP contribution in [0.15, 0.2) is 12.3 Å². The van der Waals surface area contributed by atoms with Crippen molar-refractivity contribution in [3.8, 4) is 0 Å². The smallest absolute Gasteiger partial charge is 0.339 e. The molecule has 24 heavy (non-hydrogen) atoms. The number of urea groups is 1. The zero-order chi connectivity index (χ0) is 18.0. The van der Waals surface area contributed by atoms with E-state index in [9.17, 15) is 14.4 Å². The molecule has 0 radical (unpaired) electrons. The molecular formula is C15H19N5O4. The van der Waals surface area contributed by atoms with E-state index in [1.807, 2.05) is 19.2 Å². The van der Waals surface area contributed by atoms with Crippen LogP contribution in [0.2, 0.25) is 0 Å². The average molecular weight is 333 g/mol. The third-order valence-corrected chi connectivity index (χ3v) is 3.30. The fraction of sp³-hybridized carbons (Fsp3) is 0.400. The molecule has 0 aliphatic heterocycles. The molecule has 0 fully saturated rings. The van der Waals surface area contributed by atoms with Crippen LogP contribution >= 0.6 is 0 Å². The molecule has 0 aromatic carbocycles. The maximum atomic E-state index is 12.4. The Hall–Kier alpha value is -2.97. The van der Waals surface area contributed by atoms with Crippen LogP contribution in [0.5, 0.6) is 0 Å². The molecule has 1 atom stereocenters. The number of fused-ring (bicyclic) bond motifs is 1. The van der Waals surface area contributed by atoms with Crippen molar-refractivity contribution in [2.45, 2.75) is 39.8 Å². The number of ether oxygens (including phenoxy) is 1. The minimum absolute atomic E-state index is 0.0703. The summed E-state index contributed by atoms with van der Waals surface area (Å²) in [5.74, 6) is -1.50. The first-order valence-corrected chi connectivity index (χ1v) is 7.36. The molecule has 2 rings (SSSR count). The molecule has 2 aromatic rings. The number of carbonyl (C=O) groups is 3. The number of carbonyl (C=O) groups excluding carboxylic acids is 3. The number of imide groups is 1. The number of nitrogens with zero attached hydrogens (tertiary/aromatic N) is 3. The molecule has 128 valence electrons. The molecule has 0 saturated heterocycles. The normalized spacial score (nSPS) is 12.2. The number of rotatable bonds is 4. The van der Waals surface area contributed by atoms with Gasteiger partial charge in [0.15, 0.2) is 11.8 Å². The Morgan fingerprint density at radius 1 is 1.29 bits per heavy atom. The second kappa shape index (κ2) is 6.65. The summed E-state index contributed by atoms with van der Waals surface area (Å²) in [6.07, 6.45) is 0.362. The minimum atomic E-state index is -1.17. The van der Waals surface area contributed by atoms with Gasteiger partial charge in [-0.2, -0.15) is 5.10 Å². The zero-order valence-corrected chi connectivity index (χ0v) is 13.9. The lowest BCUT2D eigenvalue weighted by molar-refractivity contribution is -0.127. The van der Waals surface area contributed by atoms with Crippen LogP contribution in [0.25, 0.3) is 11.0 Å². The van der Waals surface area contributed by atoms with Gasteiger partial charge in [-0.3, -0.25) is 10.1 Å². The number of primary amides is 1. The number of amides is 3. The van der Waals surface area contributed by atoms with E-state index < -0.39 is 24.0 Å². The highest BCUT2D eigenvalue weighted by atomic mass is 16.5. The molecule has 1 unspecified atom stereocenters. The van der Waals surface area contributed by atoms with Crippen molar-refractivity contribution >= 4 is 28.9 Å². The maximum absolute atomic E-state index is 12.4. The number of aromatic nitrogens is 3. The minimum Gasteiger partial charge on any atom is -0.449 e. The van der Waals surface area contributed by atoms with Gasteiger partial charge in [0.2, 0.25) is 0 Å². The Morgan fingerprint density at radius 3 is 2.54 bits per heavy atom. The Balaban J connectivity index is 2.33. The number of nitrogens with one attached hydrogen (secondary N) is 1. The lowest BCUT2D eigenvalue weighted by Crippen LogP contribution is -2.42. The van der Waals surface area contributed by atoms with Gasteiger partial charge in [0, 0.05) is 11.7 Å². The summed E-state index contributed by atoms with van der Waals surface area (Å²) in [7, 11) is 0.